The van der Waals surface area contributed by atoms with Gasteiger partial charge in [0, 0.05) is 11.6 Å². The van der Waals surface area contributed by atoms with Gasteiger partial charge in [-0.05, 0) is 30.2 Å². The van der Waals surface area contributed by atoms with Gasteiger partial charge in [-0.1, -0.05) is 32.0 Å². The largest absolute Gasteiger partial charge is 0.454 e. The first-order valence-electron chi connectivity index (χ1n) is 8.55. The average molecular weight is 390 g/mol. The fraction of sp³-hybridized carbons (Fsp3) is 0.250. The number of anilines is 1. The van der Waals surface area contributed by atoms with Crippen molar-refractivity contribution in [1.29, 1.82) is 0 Å². The average Bonchev–Trinajstić information content (AvgIpc) is 2.67. The summed E-state index contributed by atoms with van der Waals surface area (Å²) in [5, 5.41) is 4.69. The van der Waals surface area contributed by atoms with Crippen LogP contribution in [0.3, 0.4) is 0 Å². The molecule has 148 valence electrons. The lowest BCUT2D eigenvalue weighted by molar-refractivity contribution is -0.150. The molecule has 0 spiro atoms. The zero-order chi connectivity index (χ0) is 20.7. The van der Waals surface area contributed by atoms with Gasteiger partial charge in [0.25, 0.3) is 11.8 Å². The summed E-state index contributed by atoms with van der Waals surface area (Å²) in [7, 11) is 0. The summed E-state index contributed by atoms with van der Waals surface area (Å²) in [5.41, 5.74) is 0.0131. The minimum absolute atomic E-state index is 0.302. The third-order valence-electron chi connectivity index (χ3n) is 3.79. The second kappa shape index (κ2) is 9.59. The number of carbonyl (C=O) groups is 3. The molecule has 1 unspecified atom stereocenters. The van der Waals surface area contributed by atoms with E-state index in [0.29, 0.717) is 5.56 Å². The molecular formula is C20H20F2N2O4. The van der Waals surface area contributed by atoms with Crippen LogP contribution >= 0.6 is 0 Å². The van der Waals surface area contributed by atoms with Gasteiger partial charge in [-0.2, -0.15) is 0 Å². The second-order valence-electron chi connectivity index (χ2n) is 6.34. The second-order valence-corrected chi connectivity index (χ2v) is 6.34. The highest BCUT2D eigenvalue weighted by Gasteiger charge is 2.26. The van der Waals surface area contributed by atoms with E-state index in [2.05, 4.69) is 10.6 Å². The van der Waals surface area contributed by atoms with Crippen molar-refractivity contribution in [2.24, 2.45) is 5.92 Å². The van der Waals surface area contributed by atoms with E-state index >= 15 is 0 Å². The molecule has 2 aromatic rings. The first-order valence-corrected chi connectivity index (χ1v) is 8.55. The zero-order valence-electron chi connectivity index (χ0n) is 15.4. The summed E-state index contributed by atoms with van der Waals surface area (Å²) in [4.78, 5) is 36.4. The molecule has 2 N–H and O–H groups in total. The topological polar surface area (TPSA) is 84.5 Å². The van der Waals surface area contributed by atoms with Crippen molar-refractivity contribution in [3.63, 3.8) is 0 Å². The summed E-state index contributed by atoms with van der Waals surface area (Å²) in [6, 6.07) is 9.93. The quantitative estimate of drug-likeness (QED) is 0.712. The Kier molecular flexibility index (Phi) is 7.20. The Morgan fingerprint density at radius 2 is 1.71 bits per heavy atom. The smallest absolute Gasteiger partial charge is 0.329 e. The predicted octanol–water partition coefficient (Wildman–Crippen LogP) is 2.90. The van der Waals surface area contributed by atoms with Gasteiger partial charge in [0.15, 0.2) is 6.61 Å². The number of halogens is 2. The van der Waals surface area contributed by atoms with Gasteiger partial charge in [-0.25, -0.2) is 13.6 Å². The van der Waals surface area contributed by atoms with Crippen LogP contribution < -0.4 is 10.6 Å². The van der Waals surface area contributed by atoms with E-state index < -0.39 is 42.1 Å². The number of benzene rings is 2. The van der Waals surface area contributed by atoms with E-state index in [1.165, 1.54) is 0 Å². The van der Waals surface area contributed by atoms with Crippen molar-refractivity contribution < 1.29 is 27.9 Å². The van der Waals surface area contributed by atoms with Crippen molar-refractivity contribution in [2.45, 2.75) is 19.9 Å². The molecule has 0 fully saturated rings. The zero-order valence-corrected chi connectivity index (χ0v) is 15.4. The lowest BCUT2D eigenvalue weighted by Gasteiger charge is -2.20. The molecule has 8 heteroatoms. The van der Waals surface area contributed by atoms with Crippen LogP contribution in [0.4, 0.5) is 14.5 Å². The number of carbonyl (C=O) groups excluding carboxylic acids is 3. The van der Waals surface area contributed by atoms with Crippen molar-refractivity contribution >= 4 is 23.5 Å². The highest BCUT2D eigenvalue weighted by molar-refractivity contribution is 5.97. The van der Waals surface area contributed by atoms with E-state index in [0.717, 1.165) is 18.2 Å². The predicted molar refractivity (Wildman–Crippen MR) is 98.5 cm³/mol. The van der Waals surface area contributed by atoms with Crippen LogP contribution in [0, 0.1) is 17.6 Å². The first kappa shape index (κ1) is 21.0. The van der Waals surface area contributed by atoms with Gasteiger partial charge >= 0.3 is 5.97 Å². The Balaban J connectivity index is 1.93. The lowest BCUT2D eigenvalue weighted by Crippen LogP contribution is -2.45. The molecule has 0 heterocycles. The number of ether oxygens (including phenoxy) is 1. The molecule has 2 amide bonds. The van der Waals surface area contributed by atoms with Crippen molar-refractivity contribution in [1.82, 2.24) is 5.32 Å². The SMILES string of the molecule is CC(C)C(NC(=O)c1ccccc1)C(=O)OCC(=O)Nc1cc(F)ccc1F. The summed E-state index contributed by atoms with van der Waals surface area (Å²) in [6.45, 7) is 2.71. The van der Waals surface area contributed by atoms with E-state index in [-0.39, 0.29) is 11.6 Å². The van der Waals surface area contributed by atoms with Crippen LogP contribution in [0.25, 0.3) is 0 Å². The molecule has 6 nitrogen and oxygen atoms in total. The maximum atomic E-state index is 13.5. The monoisotopic (exact) mass is 390 g/mol. The van der Waals surface area contributed by atoms with Crippen LogP contribution in [-0.4, -0.2) is 30.4 Å². The molecule has 0 aromatic heterocycles. The number of esters is 1. The van der Waals surface area contributed by atoms with E-state index in [4.69, 9.17) is 4.74 Å². The molecule has 0 saturated heterocycles. The standard InChI is InChI=1S/C20H20F2N2O4/c1-12(2)18(24-19(26)13-6-4-3-5-7-13)20(27)28-11-17(25)23-16-10-14(21)8-9-15(16)22/h3-10,12,18H,11H2,1-2H3,(H,23,25)(H,24,26). The van der Waals surface area contributed by atoms with E-state index in [9.17, 15) is 23.2 Å². The van der Waals surface area contributed by atoms with Crippen LogP contribution in [0.15, 0.2) is 48.5 Å². The molecule has 0 aliphatic carbocycles. The van der Waals surface area contributed by atoms with Gasteiger partial charge in [0.05, 0.1) is 5.69 Å². The fourth-order valence-corrected chi connectivity index (χ4v) is 2.32. The first-order chi connectivity index (χ1) is 13.3. The minimum atomic E-state index is -0.980. The Bertz CT molecular complexity index is 857. The molecular weight excluding hydrogens is 370 g/mol. The normalized spacial score (nSPS) is 11.6. The molecule has 28 heavy (non-hydrogen) atoms. The van der Waals surface area contributed by atoms with Crippen LogP contribution in [0.2, 0.25) is 0 Å². The van der Waals surface area contributed by atoms with Gasteiger partial charge in [0.2, 0.25) is 0 Å². The molecule has 0 aliphatic rings. The summed E-state index contributed by atoms with van der Waals surface area (Å²) < 4.78 is 31.6. The molecule has 0 bridgehead atoms. The molecule has 2 aromatic carbocycles. The lowest BCUT2D eigenvalue weighted by atomic mass is 10.0. The number of nitrogens with one attached hydrogen (secondary N) is 2. The Labute approximate surface area is 160 Å². The van der Waals surface area contributed by atoms with E-state index in [1.54, 1.807) is 44.2 Å². The Hall–Kier alpha value is -3.29. The van der Waals surface area contributed by atoms with E-state index in [1.807, 2.05) is 0 Å². The van der Waals surface area contributed by atoms with Gasteiger partial charge in [0.1, 0.15) is 17.7 Å². The highest BCUT2D eigenvalue weighted by Crippen LogP contribution is 2.15. The number of hydrogen-bond donors (Lipinski definition) is 2. The molecule has 1 atom stereocenters. The molecule has 2 rings (SSSR count). The number of hydrogen-bond acceptors (Lipinski definition) is 4. The van der Waals surface area contributed by atoms with Crippen LogP contribution in [0.1, 0.15) is 24.2 Å². The van der Waals surface area contributed by atoms with Gasteiger partial charge < -0.3 is 15.4 Å². The third kappa shape index (κ3) is 5.87. The minimum Gasteiger partial charge on any atom is -0.454 e. The van der Waals surface area contributed by atoms with Crippen molar-refractivity contribution in [3.05, 3.63) is 65.7 Å². The third-order valence-corrected chi connectivity index (χ3v) is 3.79. The van der Waals surface area contributed by atoms with Gasteiger partial charge in [-0.3, -0.25) is 9.59 Å². The van der Waals surface area contributed by atoms with Crippen molar-refractivity contribution in [2.75, 3.05) is 11.9 Å². The summed E-state index contributed by atoms with van der Waals surface area (Å²) >= 11 is 0. The van der Waals surface area contributed by atoms with Crippen molar-refractivity contribution in [3.8, 4) is 0 Å². The Morgan fingerprint density at radius 1 is 1.04 bits per heavy atom. The summed E-state index contributed by atoms with van der Waals surface area (Å²) in [5.74, 6) is -3.95. The number of amides is 2. The number of rotatable bonds is 7. The summed E-state index contributed by atoms with van der Waals surface area (Å²) in [6.07, 6.45) is 0. The Morgan fingerprint density at radius 3 is 2.36 bits per heavy atom. The molecule has 0 aliphatic heterocycles. The molecule has 0 radical (unpaired) electrons. The fourth-order valence-electron chi connectivity index (χ4n) is 2.32. The highest BCUT2D eigenvalue weighted by atomic mass is 19.1. The molecule has 0 saturated carbocycles. The van der Waals surface area contributed by atoms with Gasteiger partial charge in [-0.15, -0.1) is 0 Å². The van der Waals surface area contributed by atoms with Crippen LogP contribution in [-0.2, 0) is 14.3 Å². The maximum absolute atomic E-state index is 13.5. The maximum Gasteiger partial charge on any atom is 0.329 e. The van der Waals surface area contributed by atoms with Crippen LogP contribution in [0.5, 0.6) is 0 Å².